The second-order valence-corrected chi connectivity index (χ2v) is 1.51. The molecule has 2 aromatic heterocycles. The molecule has 0 amide bonds. The highest BCUT2D eigenvalue weighted by molar-refractivity contribution is 4.74. The fraction of sp³-hybridized carbons (Fsp3) is 0. The minimum atomic E-state index is 0.750. The van der Waals surface area contributed by atoms with Crippen molar-refractivity contribution in [3.63, 3.8) is 0 Å². The average molecular weight is 154 g/mol. The standard InChI is InChI=1S/C3H4N2O.C2H2N2O/c6-5-3-1-2-4-5;1-2-5-4-3-1/h1-3,6H;1-2H. The van der Waals surface area contributed by atoms with Gasteiger partial charge in [0.15, 0.2) is 0 Å². The number of rotatable bonds is 0. The molecule has 0 atom stereocenters. The van der Waals surface area contributed by atoms with Crippen LogP contribution < -0.4 is 0 Å². The molecule has 2 heterocycles. The molecule has 0 aliphatic heterocycles. The molecule has 1 N–H and O–H groups in total. The second kappa shape index (κ2) is 4.04. The van der Waals surface area contributed by atoms with E-state index < -0.39 is 0 Å². The van der Waals surface area contributed by atoms with Crippen molar-refractivity contribution in [2.45, 2.75) is 0 Å². The van der Waals surface area contributed by atoms with Crippen molar-refractivity contribution in [1.82, 2.24) is 20.3 Å². The average Bonchev–Trinajstić information content (AvgIpc) is 2.57. The van der Waals surface area contributed by atoms with Gasteiger partial charge in [0.05, 0.1) is 18.6 Å². The fourth-order valence-corrected chi connectivity index (χ4v) is 0.397. The highest BCUT2D eigenvalue weighted by Crippen LogP contribution is 1.72. The van der Waals surface area contributed by atoms with Crippen molar-refractivity contribution in [1.29, 1.82) is 0 Å². The van der Waals surface area contributed by atoms with Gasteiger partial charge in [-0.25, -0.2) is 0 Å². The van der Waals surface area contributed by atoms with Crippen molar-refractivity contribution in [2.75, 3.05) is 0 Å². The lowest BCUT2D eigenvalue weighted by Gasteiger charge is -1.76. The molecule has 0 fully saturated rings. The van der Waals surface area contributed by atoms with Crippen LogP contribution in [0.5, 0.6) is 0 Å². The van der Waals surface area contributed by atoms with Gasteiger partial charge in [-0.05, 0) is 6.07 Å². The van der Waals surface area contributed by atoms with Crippen LogP contribution in [0.3, 0.4) is 0 Å². The molecule has 6 heteroatoms. The number of nitrogens with zero attached hydrogens (tertiary/aromatic N) is 4. The summed E-state index contributed by atoms with van der Waals surface area (Å²) in [4.78, 5) is 0.750. The molecule has 0 radical (unpaired) electrons. The summed E-state index contributed by atoms with van der Waals surface area (Å²) in [5, 5.41) is 18.1. The Balaban J connectivity index is 0.000000112. The van der Waals surface area contributed by atoms with Gasteiger partial charge in [0.1, 0.15) is 6.26 Å². The fourth-order valence-electron chi connectivity index (χ4n) is 0.397. The predicted molar refractivity (Wildman–Crippen MR) is 33.7 cm³/mol. The van der Waals surface area contributed by atoms with E-state index in [4.69, 9.17) is 5.21 Å². The molecule has 2 aromatic rings. The molecular weight excluding hydrogens is 148 g/mol. The third-order valence-corrected chi connectivity index (χ3v) is 0.773. The van der Waals surface area contributed by atoms with E-state index in [2.05, 4.69) is 20.0 Å². The predicted octanol–water partition coefficient (Wildman–Crippen LogP) is 0.190. The molecule has 0 unspecified atom stereocenters. The Morgan fingerprint density at radius 3 is 2.45 bits per heavy atom. The van der Waals surface area contributed by atoms with Crippen LogP contribution in [0.2, 0.25) is 0 Å². The van der Waals surface area contributed by atoms with E-state index in [0.717, 1.165) is 4.85 Å². The van der Waals surface area contributed by atoms with Gasteiger partial charge in [0.2, 0.25) is 0 Å². The van der Waals surface area contributed by atoms with Crippen molar-refractivity contribution in [2.24, 2.45) is 0 Å². The van der Waals surface area contributed by atoms with E-state index in [-0.39, 0.29) is 0 Å². The molecule has 6 nitrogen and oxygen atoms in total. The topological polar surface area (TPSA) is 77.0 Å². The van der Waals surface area contributed by atoms with Crippen LogP contribution in [0.25, 0.3) is 0 Å². The highest BCUT2D eigenvalue weighted by atomic mass is 16.5. The van der Waals surface area contributed by atoms with Crippen LogP contribution >= 0.6 is 0 Å². The maximum Gasteiger partial charge on any atom is 0.144 e. The van der Waals surface area contributed by atoms with Gasteiger partial charge in [-0.2, -0.15) is 0 Å². The third-order valence-electron chi connectivity index (χ3n) is 0.773. The lowest BCUT2D eigenvalue weighted by atomic mass is 10.8. The first-order chi connectivity index (χ1) is 5.39. The van der Waals surface area contributed by atoms with E-state index in [1.54, 1.807) is 6.07 Å². The van der Waals surface area contributed by atoms with E-state index in [1.165, 1.54) is 24.9 Å². The molecule has 0 spiro atoms. The van der Waals surface area contributed by atoms with Gasteiger partial charge in [-0.15, -0.1) is 15.0 Å². The largest absolute Gasteiger partial charge is 0.412 e. The Bertz CT molecular complexity index is 235. The molecule has 11 heavy (non-hydrogen) atoms. The minimum absolute atomic E-state index is 0.750. The third kappa shape index (κ3) is 2.99. The smallest absolute Gasteiger partial charge is 0.144 e. The van der Waals surface area contributed by atoms with Crippen molar-refractivity contribution < 1.29 is 9.73 Å². The SMILES string of the molecule is On1cccn1.c1conn1. The first kappa shape index (κ1) is 7.26. The summed E-state index contributed by atoms with van der Waals surface area (Å²) < 4.78 is 4.22. The van der Waals surface area contributed by atoms with E-state index in [0.29, 0.717) is 0 Å². The van der Waals surface area contributed by atoms with Crippen LogP contribution in [-0.4, -0.2) is 25.5 Å². The second-order valence-electron chi connectivity index (χ2n) is 1.51. The van der Waals surface area contributed by atoms with Crippen LogP contribution in [0, 0.1) is 0 Å². The van der Waals surface area contributed by atoms with Gasteiger partial charge in [0, 0.05) is 5.27 Å². The summed E-state index contributed by atoms with van der Waals surface area (Å²) in [6.45, 7) is 0. The monoisotopic (exact) mass is 154 g/mol. The molecule has 0 aliphatic carbocycles. The Hall–Kier alpha value is -1.85. The van der Waals surface area contributed by atoms with Crippen molar-refractivity contribution in [3.8, 4) is 0 Å². The molecule has 0 saturated carbocycles. The van der Waals surface area contributed by atoms with Gasteiger partial charge in [-0.3, -0.25) is 0 Å². The quantitative estimate of drug-likeness (QED) is 0.548. The molecule has 0 aliphatic rings. The van der Waals surface area contributed by atoms with Gasteiger partial charge in [0.25, 0.3) is 0 Å². The normalized spacial score (nSPS) is 8.36. The minimum Gasteiger partial charge on any atom is -0.412 e. The van der Waals surface area contributed by atoms with Crippen LogP contribution in [0.4, 0.5) is 0 Å². The molecule has 2 rings (SSSR count). The molecule has 0 saturated heterocycles. The van der Waals surface area contributed by atoms with Gasteiger partial charge >= 0.3 is 0 Å². The Kier molecular flexibility index (Phi) is 2.67. The van der Waals surface area contributed by atoms with Crippen LogP contribution in [0.1, 0.15) is 0 Å². The first-order valence-electron chi connectivity index (χ1n) is 2.79. The molecule has 58 valence electrons. The van der Waals surface area contributed by atoms with E-state index >= 15 is 0 Å². The maximum absolute atomic E-state index is 8.28. The zero-order chi connectivity index (χ0) is 7.94. The molecule has 0 bridgehead atoms. The summed E-state index contributed by atoms with van der Waals surface area (Å²) >= 11 is 0. The molecule has 0 aromatic carbocycles. The zero-order valence-corrected chi connectivity index (χ0v) is 5.53. The van der Waals surface area contributed by atoms with Gasteiger partial charge < -0.3 is 9.73 Å². The summed E-state index contributed by atoms with van der Waals surface area (Å²) in [7, 11) is 0. The van der Waals surface area contributed by atoms with Crippen LogP contribution in [-0.2, 0) is 0 Å². The van der Waals surface area contributed by atoms with Crippen molar-refractivity contribution in [3.05, 3.63) is 30.9 Å². The number of aromatic nitrogens is 4. The van der Waals surface area contributed by atoms with Crippen molar-refractivity contribution >= 4 is 0 Å². The lowest BCUT2D eigenvalue weighted by molar-refractivity contribution is 0.149. The molecular formula is C5H6N4O2. The summed E-state index contributed by atoms with van der Waals surface area (Å²) in [6, 6.07) is 1.64. The summed E-state index contributed by atoms with van der Waals surface area (Å²) in [5.41, 5.74) is 0. The van der Waals surface area contributed by atoms with Crippen LogP contribution in [0.15, 0.2) is 35.4 Å². The van der Waals surface area contributed by atoms with Gasteiger partial charge in [-0.1, -0.05) is 0 Å². The van der Waals surface area contributed by atoms with E-state index in [1.807, 2.05) is 0 Å². The number of hydrogen-bond donors (Lipinski definition) is 1. The Morgan fingerprint density at radius 2 is 2.27 bits per heavy atom. The lowest BCUT2D eigenvalue weighted by Crippen LogP contribution is -1.86. The number of hydrogen-bond acceptors (Lipinski definition) is 5. The summed E-state index contributed by atoms with van der Waals surface area (Å²) in [5.74, 6) is 0. The Labute approximate surface area is 62.0 Å². The first-order valence-corrected chi connectivity index (χ1v) is 2.79. The Morgan fingerprint density at radius 1 is 1.36 bits per heavy atom. The zero-order valence-electron chi connectivity index (χ0n) is 5.53. The highest BCUT2D eigenvalue weighted by Gasteiger charge is 1.71. The van der Waals surface area contributed by atoms with E-state index in [9.17, 15) is 0 Å². The maximum atomic E-state index is 8.28. The summed E-state index contributed by atoms with van der Waals surface area (Å²) in [6.07, 6.45) is 5.82.